The van der Waals surface area contributed by atoms with Crippen LogP contribution < -0.4 is 0 Å². The summed E-state index contributed by atoms with van der Waals surface area (Å²) in [7, 11) is 0. The third kappa shape index (κ3) is 3.23. The molecule has 3 aromatic rings. The molecule has 148 valence electrons. The zero-order valence-electron chi connectivity index (χ0n) is 16.9. The van der Waals surface area contributed by atoms with Gasteiger partial charge in [-0.3, -0.25) is 4.79 Å². The number of benzene rings is 3. The van der Waals surface area contributed by atoms with Gasteiger partial charge in [0.05, 0.1) is 5.41 Å². The zero-order valence-corrected chi connectivity index (χ0v) is 17.7. The molecule has 1 saturated heterocycles. The van der Waals surface area contributed by atoms with Crippen LogP contribution in [0.2, 0.25) is 0 Å². The van der Waals surface area contributed by atoms with E-state index in [-0.39, 0.29) is 11.2 Å². The summed E-state index contributed by atoms with van der Waals surface area (Å²) in [6.45, 7) is 4.15. The number of ether oxygens (including phenoxy) is 1. The maximum atomic E-state index is 14.3. The van der Waals surface area contributed by atoms with Crippen LogP contribution in [-0.4, -0.2) is 11.2 Å². The average Bonchev–Trinajstić information content (AvgIpc) is 3.04. The van der Waals surface area contributed by atoms with Gasteiger partial charge in [-0.15, -0.1) is 0 Å². The SMILES string of the molecule is CC[C@]1(c2ccccc2)O[C@H](Sc2ccccc2)[C@](CC)(c2ccccc2)C1=O. The third-order valence-electron chi connectivity index (χ3n) is 6.05. The highest BCUT2D eigenvalue weighted by atomic mass is 32.2. The molecule has 1 heterocycles. The first kappa shape index (κ1) is 19.9. The fourth-order valence-corrected chi connectivity index (χ4v) is 5.82. The van der Waals surface area contributed by atoms with E-state index in [1.807, 2.05) is 73.7 Å². The van der Waals surface area contributed by atoms with Gasteiger partial charge in [0, 0.05) is 4.90 Å². The van der Waals surface area contributed by atoms with E-state index in [1.54, 1.807) is 11.8 Å². The standard InChI is InChI=1S/C26H26O2S/c1-3-25(20-14-8-5-9-15-20)23(27)26(4-2,21-16-10-6-11-17-21)28-24(25)29-22-18-12-7-13-19-22/h5-19,24H,3-4H2,1-2H3/t24-,25-,26-/m1/s1. The monoisotopic (exact) mass is 402 g/mol. The predicted octanol–water partition coefficient (Wildman–Crippen LogP) is 6.36. The number of carbonyl (C=O) groups is 1. The molecule has 0 radical (unpaired) electrons. The highest BCUT2D eigenvalue weighted by Crippen LogP contribution is 2.55. The van der Waals surface area contributed by atoms with Crippen molar-refractivity contribution in [3.63, 3.8) is 0 Å². The number of carbonyl (C=O) groups excluding carboxylic acids is 1. The predicted molar refractivity (Wildman–Crippen MR) is 119 cm³/mol. The lowest BCUT2D eigenvalue weighted by atomic mass is 9.70. The van der Waals surface area contributed by atoms with Gasteiger partial charge in [0.1, 0.15) is 5.44 Å². The summed E-state index contributed by atoms with van der Waals surface area (Å²) in [5.41, 5.74) is 0.0438. The Labute approximate surface area is 177 Å². The van der Waals surface area contributed by atoms with Crippen LogP contribution in [0.3, 0.4) is 0 Å². The van der Waals surface area contributed by atoms with Crippen LogP contribution in [0.5, 0.6) is 0 Å². The van der Waals surface area contributed by atoms with Gasteiger partial charge in [-0.25, -0.2) is 0 Å². The summed E-state index contributed by atoms with van der Waals surface area (Å²) in [4.78, 5) is 15.4. The maximum Gasteiger partial charge on any atom is 0.183 e. The van der Waals surface area contributed by atoms with E-state index in [4.69, 9.17) is 4.74 Å². The topological polar surface area (TPSA) is 26.3 Å². The molecule has 0 saturated carbocycles. The first-order chi connectivity index (χ1) is 14.2. The quantitative estimate of drug-likeness (QED) is 0.480. The first-order valence-electron chi connectivity index (χ1n) is 10.2. The second-order valence-corrected chi connectivity index (χ2v) is 8.58. The summed E-state index contributed by atoms with van der Waals surface area (Å²) in [6.07, 6.45) is 1.30. The van der Waals surface area contributed by atoms with E-state index in [2.05, 4.69) is 31.2 Å². The van der Waals surface area contributed by atoms with Crippen LogP contribution in [-0.2, 0) is 20.5 Å². The van der Waals surface area contributed by atoms with Gasteiger partial charge in [0.25, 0.3) is 0 Å². The van der Waals surface area contributed by atoms with Crippen molar-refractivity contribution in [3.05, 3.63) is 102 Å². The summed E-state index contributed by atoms with van der Waals surface area (Å²) in [5.74, 6) is 0.167. The molecule has 0 aliphatic carbocycles. The van der Waals surface area contributed by atoms with Crippen molar-refractivity contribution in [2.24, 2.45) is 0 Å². The molecule has 29 heavy (non-hydrogen) atoms. The summed E-state index contributed by atoms with van der Waals surface area (Å²) < 4.78 is 6.78. The molecule has 0 bridgehead atoms. The second kappa shape index (κ2) is 8.17. The van der Waals surface area contributed by atoms with E-state index in [0.29, 0.717) is 12.8 Å². The minimum atomic E-state index is -0.931. The lowest BCUT2D eigenvalue weighted by Crippen LogP contribution is -2.43. The third-order valence-corrected chi connectivity index (χ3v) is 7.31. The van der Waals surface area contributed by atoms with Crippen LogP contribution in [0.15, 0.2) is 95.9 Å². The number of ketones is 1. The molecular weight excluding hydrogens is 376 g/mol. The average molecular weight is 403 g/mol. The minimum Gasteiger partial charge on any atom is -0.347 e. The molecule has 3 atom stereocenters. The highest BCUT2D eigenvalue weighted by Gasteiger charge is 2.63. The van der Waals surface area contributed by atoms with E-state index < -0.39 is 11.0 Å². The Morgan fingerprint density at radius 2 is 1.28 bits per heavy atom. The zero-order chi connectivity index (χ0) is 20.3. The minimum absolute atomic E-state index is 0.167. The molecule has 3 aromatic carbocycles. The molecule has 2 nitrogen and oxygen atoms in total. The molecule has 0 aromatic heterocycles. The molecule has 1 fully saturated rings. The smallest absolute Gasteiger partial charge is 0.183 e. The van der Waals surface area contributed by atoms with Crippen LogP contribution in [0.1, 0.15) is 37.8 Å². The largest absolute Gasteiger partial charge is 0.347 e. The molecule has 0 N–H and O–H groups in total. The molecule has 1 aliphatic rings. The van der Waals surface area contributed by atoms with Gasteiger partial charge in [0.15, 0.2) is 11.4 Å². The molecule has 0 spiro atoms. The molecule has 0 amide bonds. The van der Waals surface area contributed by atoms with Gasteiger partial charge < -0.3 is 4.74 Å². The Balaban J connectivity index is 1.88. The maximum absolute atomic E-state index is 14.3. The van der Waals surface area contributed by atoms with E-state index in [9.17, 15) is 4.79 Å². The van der Waals surface area contributed by atoms with Crippen molar-refractivity contribution in [1.29, 1.82) is 0 Å². The fraction of sp³-hybridized carbons (Fsp3) is 0.269. The summed E-state index contributed by atoms with van der Waals surface area (Å²) in [5, 5.41) is 0. The first-order valence-corrected chi connectivity index (χ1v) is 11.1. The van der Waals surface area contributed by atoms with Gasteiger partial charge in [-0.2, -0.15) is 0 Å². The van der Waals surface area contributed by atoms with Gasteiger partial charge in [-0.1, -0.05) is 104 Å². The van der Waals surface area contributed by atoms with Gasteiger partial charge in [0.2, 0.25) is 0 Å². The van der Waals surface area contributed by atoms with Crippen molar-refractivity contribution >= 4 is 17.5 Å². The van der Waals surface area contributed by atoms with E-state index in [1.165, 1.54) is 0 Å². The Bertz CT molecular complexity index is 958. The highest BCUT2D eigenvalue weighted by molar-refractivity contribution is 8.00. The van der Waals surface area contributed by atoms with Crippen molar-refractivity contribution < 1.29 is 9.53 Å². The summed E-state index contributed by atoms with van der Waals surface area (Å²) in [6, 6.07) is 30.4. The van der Waals surface area contributed by atoms with Gasteiger partial charge in [-0.05, 0) is 36.1 Å². The van der Waals surface area contributed by atoms with E-state index >= 15 is 0 Å². The second-order valence-electron chi connectivity index (χ2n) is 7.45. The van der Waals surface area contributed by atoms with Gasteiger partial charge >= 0.3 is 0 Å². The Kier molecular flexibility index (Phi) is 5.62. The number of rotatable bonds is 6. The lowest BCUT2D eigenvalue weighted by Gasteiger charge is -2.32. The van der Waals surface area contributed by atoms with Crippen molar-refractivity contribution in [1.82, 2.24) is 0 Å². The van der Waals surface area contributed by atoms with Crippen molar-refractivity contribution in [2.45, 2.75) is 48.0 Å². The Morgan fingerprint density at radius 3 is 1.79 bits per heavy atom. The van der Waals surface area contributed by atoms with Crippen molar-refractivity contribution in [2.75, 3.05) is 0 Å². The fourth-order valence-electron chi connectivity index (χ4n) is 4.44. The number of hydrogen-bond acceptors (Lipinski definition) is 3. The van der Waals surface area contributed by atoms with Crippen LogP contribution in [0.25, 0.3) is 0 Å². The Morgan fingerprint density at radius 1 is 0.759 bits per heavy atom. The molecule has 3 heteroatoms. The molecule has 1 aliphatic heterocycles. The molecule has 0 unspecified atom stereocenters. The van der Waals surface area contributed by atoms with Crippen LogP contribution in [0, 0.1) is 0 Å². The Hall–Kier alpha value is -2.36. The normalized spacial score (nSPS) is 26.6. The van der Waals surface area contributed by atoms with E-state index in [0.717, 1.165) is 16.0 Å². The number of hydrogen-bond donors (Lipinski definition) is 0. The lowest BCUT2D eigenvalue weighted by molar-refractivity contribution is -0.135. The summed E-state index contributed by atoms with van der Waals surface area (Å²) >= 11 is 1.65. The molecule has 4 rings (SSSR count). The number of thioether (sulfide) groups is 1. The van der Waals surface area contributed by atoms with Crippen LogP contribution in [0.4, 0.5) is 0 Å². The number of Topliss-reactive ketones (excluding diaryl/α,β-unsaturated/α-hetero) is 1. The molecular formula is C26H26O2S. The van der Waals surface area contributed by atoms with Crippen molar-refractivity contribution in [3.8, 4) is 0 Å². The van der Waals surface area contributed by atoms with Crippen LogP contribution >= 0.6 is 11.8 Å².